The van der Waals surface area contributed by atoms with Crippen molar-refractivity contribution in [1.82, 2.24) is 0 Å². The maximum atomic E-state index is 13.0. The van der Waals surface area contributed by atoms with Crippen LogP contribution in [0.15, 0.2) is 37.7 Å². The van der Waals surface area contributed by atoms with Crippen LogP contribution in [0.2, 0.25) is 0 Å². The Labute approximate surface area is 182 Å². The molecule has 0 radical (unpaired) electrons. The number of benzene rings is 1. The molecule has 0 saturated carbocycles. The Balaban J connectivity index is 2.91. The molecule has 0 bridgehead atoms. The molecule has 0 amide bonds. The number of hydrogen-bond acceptors (Lipinski definition) is 6. The van der Waals surface area contributed by atoms with Crippen molar-refractivity contribution in [3.8, 4) is 5.75 Å². The highest BCUT2D eigenvalue weighted by Gasteiger charge is 2.56. The number of hydrogen-bond donors (Lipinski definition) is 1. The molecule has 1 atom stereocenters. The highest BCUT2D eigenvalue weighted by atomic mass is 79.9. The zero-order chi connectivity index (χ0) is 21.9. The van der Waals surface area contributed by atoms with Gasteiger partial charge >= 0.3 is 18.1 Å². The molecule has 156 valence electrons. The van der Waals surface area contributed by atoms with Crippen LogP contribution in [-0.2, 0) is 24.4 Å². The first-order chi connectivity index (χ1) is 12.5. The van der Waals surface area contributed by atoms with Crippen LogP contribution < -0.4 is 4.74 Å². The maximum absolute atomic E-state index is 13.0. The number of esters is 2. The van der Waals surface area contributed by atoms with Crippen LogP contribution in [0.25, 0.3) is 0 Å². The molecule has 1 rings (SSSR count). The number of alkyl halides is 3. The van der Waals surface area contributed by atoms with E-state index in [-0.39, 0.29) is 12.7 Å². The number of ether oxygens (including phenoxy) is 2. The molecule has 1 unspecified atom stereocenters. The van der Waals surface area contributed by atoms with Crippen molar-refractivity contribution in [2.75, 3.05) is 5.75 Å². The van der Waals surface area contributed by atoms with Crippen molar-refractivity contribution in [2.24, 2.45) is 0 Å². The molecule has 0 aromatic heterocycles. The van der Waals surface area contributed by atoms with Crippen molar-refractivity contribution >= 4 is 69.8 Å². The lowest BCUT2D eigenvalue weighted by atomic mass is 10.1. The Bertz CT molecular complexity index is 892. The molecule has 0 fully saturated rings. The number of rotatable bonds is 6. The Morgan fingerprint density at radius 3 is 2.00 bits per heavy atom. The second-order valence-electron chi connectivity index (χ2n) is 5.33. The van der Waals surface area contributed by atoms with E-state index in [0.29, 0.717) is 25.6 Å². The van der Waals surface area contributed by atoms with E-state index in [0.717, 1.165) is 0 Å². The monoisotopic (exact) mass is 616 g/mol. The summed E-state index contributed by atoms with van der Waals surface area (Å²) in [5.41, 5.74) is -3.52. The minimum atomic E-state index is -5.31. The molecule has 14 heteroatoms. The molecular formula is C14H10Br3F3O7S. The molecule has 0 aliphatic heterocycles. The third-order valence-corrected chi connectivity index (χ3v) is 5.46. The second kappa shape index (κ2) is 9.24. The summed E-state index contributed by atoms with van der Waals surface area (Å²) < 4.78 is 79.7. The van der Waals surface area contributed by atoms with Crippen LogP contribution in [-0.4, -0.2) is 42.4 Å². The van der Waals surface area contributed by atoms with Crippen LogP contribution in [0.5, 0.6) is 5.75 Å². The topological polar surface area (TPSA) is 107 Å². The zero-order valence-electron chi connectivity index (χ0n) is 13.6. The fourth-order valence-corrected chi connectivity index (χ4v) is 5.01. The summed E-state index contributed by atoms with van der Waals surface area (Å²) in [6.45, 7) is 0.265. The highest BCUT2D eigenvalue weighted by Crippen LogP contribution is 2.37. The van der Waals surface area contributed by atoms with E-state index in [1.54, 1.807) is 12.1 Å². The summed E-state index contributed by atoms with van der Waals surface area (Å²) in [6, 6.07) is 3.10. The largest absolute Gasteiger partial charge is 0.445 e. The van der Waals surface area contributed by atoms with E-state index in [2.05, 4.69) is 52.5 Å². The summed E-state index contributed by atoms with van der Waals surface area (Å²) in [5.74, 6) is -4.66. The number of carbonyl (C=O) groups excluding carboxylic acids is 2. The molecule has 1 aromatic carbocycles. The van der Waals surface area contributed by atoms with Crippen molar-refractivity contribution < 1.29 is 45.2 Å². The van der Waals surface area contributed by atoms with Crippen molar-refractivity contribution in [3.05, 3.63) is 37.7 Å². The predicted molar refractivity (Wildman–Crippen MR) is 101 cm³/mol. The van der Waals surface area contributed by atoms with Crippen LogP contribution in [0, 0.1) is 0 Å². The van der Waals surface area contributed by atoms with Crippen LogP contribution in [0.4, 0.5) is 13.2 Å². The van der Waals surface area contributed by atoms with Gasteiger partial charge in [-0.3, -0.25) is 4.55 Å². The van der Waals surface area contributed by atoms with Gasteiger partial charge in [0.2, 0.25) is 5.60 Å². The van der Waals surface area contributed by atoms with Crippen LogP contribution >= 0.6 is 47.8 Å². The third-order valence-electron chi connectivity index (χ3n) is 2.90. The van der Waals surface area contributed by atoms with E-state index >= 15 is 0 Å². The Morgan fingerprint density at radius 1 is 1.11 bits per heavy atom. The molecule has 7 nitrogen and oxygen atoms in total. The lowest BCUT2D eigenvalue weighted by Crippen LogP contribution is -2.51. The van der Waals surface area contributed by atoms with Gasteiger partial charge in [0.25, 0.3) is 10.1 Å². The van der Waals surface area contributed by atoms with Crippen LogP contribution in [0.1, 0.15) is 6.92 Å². The quantitative estimate of drug-likeness (QED) is 0.221. The Hall–Kier alpha value is -0.960. The van der Waals surface area contributed by atoms with Gasteiger partial charge in [0.05, 0.1) is 8.95 Å². The summed E-state index contributed by atoms with van der Waals surface area (Å²) in [6.07, 6.45) is -4.48. The Kier molecular flexibility index (Phi) is 8.27. The maximum Gasteiger partial charge on any atom is 0.429 e. The lowest BCUT2D eigenvalue weighted by Gasteiger charge is -2.29. The summed E-state index contributed by atoms with van der Waals surface area (Å²) >= 11 is 9.47. The van der Waals surface area contributed by atoms with Gasteiger partial charge in [0, 0.05) is 16.6 Å². The minimum Gasteiger partial charge on any atom is -0.445 e. The molecule has 0 saturated heterocycles. The first-order valence-corrected chi connectivity index (χ1v) is 10.8. The number of halogens is 6. The van der Waals surface area contributed by atoms with E-state index in [1.807, 2.05) is 0 Å². The SMILES string of the molecule is CC(CS(=O)(=O)O)(OC(=O)/C=C\C(=O)Oc1c(Br)cc(Br)cc1Br)C(F)(F)F. The van der Waals surface area contributed by atoms with E-state index in [1.165, 1.54) is 0 Å². The average Bonchev–Trinajstić information content (AvgIpc) is 2.45. The summed E-state index contributed by atoms with van der Waals surface area (Å²) in [5, 5.41) is 0. The standard InChI is InChI=1S/C14H10Br3F3O7S/c1-13(14(18,19)20,6-28(23,24)25)27-11(22)3-2-10(21)26-12-8(16)4-7(15)5-9(12)17/h2-5H,6H2,1H3,(H,23,24,25)/b3-2-. The highest BCUT2D eigenvalue weighted by molar-refractivity contribution is 9.11. The van der Waals surface area contributed by atoms with Gasteiger partial charge in [0.15, 0.2) is 5.75 Å². The molecule has 0 spiro atoms. The molecular weight excluding hydrogens is 609 g/mol. The fraction of sp³-hybridized carbons (Fsp3) is 0.286. The third kappa shape index (κ3) is 7.46. The molecule has 1 aromatic rings. The van der Waals surface area contributed by atoms with Crippen molar-refractivity contribution in [2.45, 2.75) is 18.7 Å². The fourth-order valence-electron chi connectivity index (χ4n) is 1.67. The molecule has 28 heavy (non-hydrogen) atoms. The lowest BCUT2D eigenvalue weighted by molar-refractivity contribution is -0.253. The normalized spacial score (nSPS) is 14.6. The molecule has 0 aliphatic rings. The van der Waals surface area contributed by atoms with Gasteiger partial charge < -0.3 is 9.47 Å². The van der Waals surface area contributed by atoms with Gasteiger partial charge in [-0.15, -0.1) is 0 Å². The Morgan fingerprint density at radius 2 is 1.57 bits per heavy atom. The zero-order valence-corrected chi connectivity index (χ0v) is 19.2. The molecule has 1 N–H and O–H groups in total. The minimum absolute atomic E-state index is 0.0396. The van der Waals surface area contributed by atoms with Gasteiger partial charge in [-0.1, -0.05) is 15.9 Å². The van der Waals surface area contributed by atoms with E-state index < -0.39 is 39.6 Å². The van der Waals surface area contributed by atoms with Crippen molar-refractivity contribution in [1.29, 1.82) is 0 Å². The van der Waals surface area contributed by atoms with E-state index in [9.17, 15) is 31.2 Å². The first-order valence-electron chi connectivity index (χ1n) is 6.83. The van der Waals surface area contributed by atoms with Crippen LogP contribution in [0.3, 0.4) is 0 Å². The molecule has 0 aliphatic carbocycles. The van der Waals surface area contributed by atoms with E-state index in [4.69, 9.17) is 9.29 Å². The summed E-state index contributed by atoms with van der Waals surface area (Å²) in [7, 11) is -5.12. The smallest absolute Gasteiger partial charge is 0.429 e. The summed E-state index contributed by atoms with van der Waals surface area (Å²) in [4.78, 5) is 23.4. The number of carbonyl (C=O) groups is 2. The second-order valence-corrected chi connectivity index (χ2v) is 9.41. The first kappa shape index (κ1) is 25.1. The van der Waals surface area contributed by atoms with Gasteiger partial charge in [-0.05, 0) is 50.9 Å². The van der Waals surface area contributed by atoms with Gasteiger partial charge in [-0.25, -0.2) is 9.59 Å². The van der Waals surface area contributed by atoms with Gasteiger partial charge in [-0.2, -0.15) is 21.6 Å². The van der Waals surface area contributed by atoms with Crippen molar-refractivity contribution in [3.63, 3.8) is 0 Å². The predicted octanol–water partition coefficient (Wildman–Crippen LogP) is 4.19. The van der Waals surface area contributed by atoms with Gasteiger partial charge in [0.1, 0.15) is 5.75 Å². The molecule has 0 heterocycles. The average molecular weight is 619 g/mol.